The molecule has 1 amide bonds. The second kappa shape index (κ2) is 21.1. The molecular formula is C31H46N2O9. The summed E-state index contributed by atoms with van der Waals surface area (Å²) in [6, 6.07) is 16.1. The first-order valence-electron chi connectivity index (χ1n) is 14.6. The summed E-state index contributed by atoms with van der Waals surface area (Å²) < 4.78 is 44.0. The third kappa shape index (κ3) is 12.3. The van der Waals surface area contributed by atoms with Gasteiger partial charge in [-0.15, -0.1) is 0 Å². The lowest BCUT2D eigenvalue weighted by Gasteiger charge is -2.21. The van der Waals surface area contributed by atoms with Crippen molar-refractivity contribution in [3.05, 3.63) is 59.7 Å². The topological polar surface area (TPSA) is 120 Å². The van der Waals surface area contributed by atoms with E-state index in [-0.39, 0.29) is 6.09 Å². The SMILES string of the molecule is CN(CCOCCOCCOCCOCCOCCOCCOCCN)C(=O)OC1c2ccccc2-c2ccccc21. The van der Waals surface area contributed by atoms with E-state index in [1.54, 1.807) is 7.05 Å². The number of ether oxygens (including phenoxy) is 8. The van der Waals surface area contributed by atoms with Gasteiger partial charge in [0.15, 0.2) is 6.10 Å². The second-order valence-electron chi connectivity index (χ2n) is 9.44. The van der Waals surface area contributed by atoms with Crippen LogP contribution in [0.2, 0.25) is 0 Å². The van der Waals surface area contributed by atoms with E-state index in [9.17, 15) is 4.79 Å². The van der Waals surface area contributed by atoms with Crippen molar-refractivity contribution in [2.45, 2.75) is 6.10 Å². The van der Waals surface area contributed by atoms with E-state index in [1.807, 2.05) is 36.4 Å². The summed E-state index contributed by atoms with van der Waals surface area (Å²) in [5.74, 6) is 0. The Bertz CT molecular complexity index is 964. The van der Waals surface area contributed by atoms with Gasteiger partial charge in [-0.05, 0) is 11.1 Å². The summed E-state index contributed by atoms with van der Waals surface area (Å²) in [5, 5.41) is 0. The van der Waals surface area contributed by atoms with Crippen LogP contribution in [-0.4, -0.2) is 124 Å². The van der Waals surface area contributed by atoms with Crippen molar-refractivity contribution in [3.63, 3.8) is 0 Å². The van der Waals surface area contributed by atoms with Gasteiger partial charge in [-0.1, -0.05) is 48.5 Å². The zero-order valence-electron chi connectivity index (χ0n) is 24.7. The molecule has 11 nitrogen and oxygen atoms in total. The number of carbonyl (C=O) groups excluding carboxylic acids is 1. The molecule has 2 N–H and O–H groups in total. The predicted octanol–water partition coefficient (Wildman–Crippen LogP) is 2.90. The Morgan fingerprint density at radius 1 is 0.595 bits per heavy atom. The molecule has 2 aromatic rings. The molecule has 0 aliphatic heterocycles. The van der Waals surface area contributed by atoms with Crippen LogP contribution in [0.4, 0.5) is 4.79 Å². The average Bonchev–Trinajstić information content (AvgIpc) is 3.33. The predicted molar refractivity (Wildman–Crippen MR) is 158 cm³/mol. The quantitative estimate of drug-likeness (QED) is 0.183. The van der Waals surface area contributed by atoms with Crippen LogP contribution in [0.5, 0.6) is 0 Å². The highest BCUT2D eigenvalue weighted by molar-refractivity contribution is 5.79. The minimum Gasteiger partial charge on any atom is -0.436 e. The molecule has 0 radical (unpaired) electrons. The number of carbonyl (C=O) groups is 1. The molecule has 0 aromatic heterocycles. The number of hydrogen-bond donors (Lipinski definition) is 1. The Labute approximate surface area is 249 Å². The van der Waals surface area contributed by atoms with Crippen molar-refractivity contribution >= 4 is 6.09 Å². The third-order valence-electron chi connectivity index (χ3n) is 6.37. The lowest BCUT2D eigenvalue weighted by molar-refractivity contribution is -0.0207. The van der Waals surface area contributed by atoms with Gasteiger partial charge in [-0.2, -0.15) is 0 Å². The largest absolute Gasteiger partial charge is 0.436 e. The summed E-state index contributed by atoms with van der Waals surface area (Å²) >= 11 is 0. The van der Waals surface area contributed by atoms with Crippen molar-refractivity contribution < 1.29 is 42.7 Å². The van der Waals surface area contributed by atoms with Crippen molar-refractivity contribution in [3.8, 4) is 11.1 Å². The summed E-state index contributed by atoms with van der Waals surface area (Å²) in [4.78, 5) is 14.3. The smallest absolute Gasteiger partial charge is 0.410 e. The number of rotatable bonds is 24. The normalized spacial score (nSPS) is 12.3. The molecule has 0 unspecified atom stereocenters. The average molecular weight is 591 g/mol. The zero-order valence-corrected chi connectivity index (χ0v) is 24.7. The second-order valence-corrected chi connectivity index (χ2v) is 9.44. The van der Waals surface area contributed by atoms with Crippen molar-refractivity contribution in [2.24, 2.45) is 5.73 Å². The fourth-order valence-electron chi connectivity index (χ4n) is 4.22. The Kier molecular flexibility index (Phi) is 17.1. The van der Waals surface area contributed by atoms with Crippen LogP contribution in [-0.2, 0) is 37.9 Å². The molecule has 11 heteroatoms. The van der Waals surface area contributed by atoms with Gasteiger partial charge in [-0.3, -0.25) is 0 Å². The molecule has 2 aromatic carbocycles. The van der Waals surface area contributed by atoms with E-state index in [0.717, 1.165) is 22.3 Å². The minimum absolute atomic E-state index is 0.383. The fourth-order valence-corrected chi connectivity index (χ4v) is 4.22. The standard InChI is InChI=1S/C31H46N2O9/c1-33(31(34)42-30-28-8-4-2-6-26(28)27-7-3-5-9-29(27)30)11-13-36-15-17-38-19-21-40-23-25-41-24-22-39-20-18-37-16-14-35-12-10-32/h2-9,30H,10-25,32H2,1H3. The molecule has 0 heterocycles. The van der Waals surface area contributed by atoms with Crippen LogP contribution in [0.1, 0.15) is 17.2 Å². The van der Waals surface area contributed by atoms with Gasteiger partial charge in [0, 0.05) is 31.3 Å². The molecule has 0 fully saturated rings. The Morgan fingerprint density at radius 2 is 0.952 bits per heavy atom. The van der Waals surface area contributed by atoms with Crippen LogP contribution in [0.3, 0.4) is 0 Å². The van der Waals surface area contributed by atoms with Crippen LogP contribution in [0.25, 0.3) is 11.1 Å². The van der Waals surface area contributed by atoms with E-state index in [1.165, 1.54) is 4.90 Å². The molecule has 0 saturated carbocycles. The summed E-state index contributed by atoms with van der Waals surface area (Å²) in [6.45, 7) is 7.85. The van der Waals surface area contributed by atoms with E-state index < -0.39 is 6.10 Å². The van der Waals surface area contributed by atoms with Crippen LogP contribution in [0, 0.1) is 0 Å². The number of nitrogens with zero attached hydrogens (tertiary/aromatic N) is 1. The molecular weight excluding hydrogens is 544 g/mol. The van der Waals surface area contributed by atoms with Crippen LogP contribution < -0.4 is 5.73 Å². The van der Waals surface area contributed by atoms with Gasteiger partial charge in [-0.25, -0.2) is 4.79 Å². The van der Waals surface area contributed by atoms with E-state index in [0.29, 0.717) is 106 Å². The minimum atomic E-state index is -0.404. The first-order chi connectivity index (χ1) is 20.7. The molecule has 0 bridgehead atoms. The Balaban J connectivity index is 1.09. The maximum atomic E-state index is 12.8. The number of hydrogen-bond acceptors (Lipinski definition) is 10. The molecule has 234 valence electrons. The van der Waals surface area contributed by atoms with Gasteiger partial charge in [0.2, 0.25) is 0 Å². The molecule has 0 spiro atoms. The summed E-state index contributed by atoms with van der Waals surface area (Å²) in [6.07, 6.45) is -0.788. The number of benzene rings is 2. The number of fused-ring (bicyclic) bond motifs is 3. The number of nitrogens with two attached hydrogens (primary N) is 1. The molecule has 3 rings (SSSR count). The molecule has 42 heavy (non-hydrogen) atoms. The molecule has 1 aliphatic rings. The van der Waals surface area contributed by atoms with Crippen LogP contribution in [0.15, 0.2) is 48.5 Å². The highest BCUT2D eigenvalue weighted by Gasteiger charge is 2.31. The van der Waals surface area contributed by atoms with Gasteiger partial charge in [0.1, 0.15) is 0 Å². The van der Waals surface area contributed by atoms with E-state index in [4.69, 9.17) is 43.6 Å². The number of likely N-dealkylation sites (N-methyl/N-ethyl adjacent to an activating group) is 1. The highest BCUT2D eigenvalue weighted by Crippen LogP contribution is 2.45. The lowest BCUT2D eigenvalue weighted by Crippen LogP contribution is -2.32. The molecule has 0 atom stereocenters. The Hall–Kier alpha value is -2.61. The van der Waals surface area contributed by atoms with Crippen molar-refractivity contribution in [1.82, 2.24) is 4.90 Å². The molecule has 0 saturated heterocycles. The zero-order chi connectivity index (χ0) is 29.7. The van der Waals surface area contributed by atoms with Gasteiger partial charge >= 0.3 is 6.09 Å². The fraction of sp³-hybridized carbons (Fsp3) is 0.581. The first kappa shape index (κ1) is 33.9. The van der Waals surface area contributed by atoms with Gasteiger partial charge < -0.3 is 48.5 Å². The van der Waals surface area contributed by atoms with Crippen molar-refractivity contribution in [2.75, 3.05) is 113 Å². The van der Waals surface area contributed by atoms with Crippen LogP contribution >= 0.6 is 0 Å². The number of amides is 1. The first-order valence-corrected chi connectivity index (χ1v) is 14.6. The van der Waals surface area contributed by atoms with E-state index >= 15 is 0 Å². The highest BCUT2D eigenvalue weighted by atomic mass is 16.6. The third-order valence-corrected chi connectivity index (χ3v) is 6.37. The summed E-state index contributed by atoms with van der Waals surface area (Å²) in [5.41, 5.74) is 9.56. The maximum absolute atomic E-state index is 12.8. The van der Waals surface area contributed by atoms with E-state index in [2.05, 4.69) is 12.1 Å². The van der Waals surface area contributed by atoms with Crippen molar-refractivity contribution in [1.29, 1.82) is 0 Å². The van der Waals surface area contributed by atoms with Gasteiger partial charge in [0.05, 0.1) is 92.5 Å². The summed E-state index contributed by atoms with van der Waals surface area (Å²) in [7, 11) is 1.71. The maximum Gasteiger partial charge on any atom is 0.410 e. The Morgan fingerprint density at radius 3 is 1.36 bits per heavy atom. The lowest BCUT2D eigenvalue weighted by atomic mass is 10.1. The molecule has 1 aliphatic carbocycles. The van der Waals surface area contributed by atoms with Gasteiger partial charge in [0.25, 0.3) is 0 Å². The monoisotopic (exact) mass is 590 g/mol.